The molecule has 2 amide bonds. The summed E-state index contributed by atoms with van der Waals surface area (Å²) in [6, 6.07) is 4.90. The van der Waals surface area contributed by atoms with Gasteiger partial charge in [-0.1, -0.05) is 0 Å². The predicted molar refractivity (Wildman–Crippen MR) is 124 cm³/mol. The Labute approximate surface area is 195 Å². The number of carbonyl (C=O) groups excluding carboxylic acids is 4. The first-order chi connectivity index (χ1) is 15.9. The Morgan fingerprint density at radius 3 is 2.70 bits per heavy atom. The minimum absolute atomic E-state index is 0.0550. The van der Waals surface area contributed by atoms with Gasteiger partial charge in [-0.2, -0.15) is 0 Å². The number of carbonyl (C=O) groups is 4. The number of amides is 2. The number of aryl methyl sites for hydroxylation is 2. The maximum absolute atomic E-state index is 12.8. The second-order valence-corrected chi connectivity index (χ2v) is 9.20. The lowest BCUT2D eigenvalue weighted by molar-refractivity contribution is -0.123. The van der Waals surface area contributed by atoms with Crippen molar-refractivity contribution in [3.63, 3.8) is 0 Å². The summed E-state index contributed by atoms with van der Waals surface area (Å²) in [4.78, 5) is 50.6. The Kier molecular flexibility index (Phi) is 6.78. The van der Waals surface area contributed by atoms with E-state index >= 15 is 0 Å². The zero-order valence-electron chi connectivity index (χ0n) is 18.6. The second kappa shape index (κ2) is 9.74. The minimum Gasteiger partial charge on any atom is -0.462 e. The van der Waals surface area contributed by atoms with E-state index in [2.05, 4.69) is 10.6 Å². The zero-order valence-corrected chi connectivity index (χ0v) is 19.4. The summed E-state index contributed by atoms with van der Waals surface area (Å²) in [7, 11) is 0. The largest absolute Gasteiger partial charge is 0.462 e. The highest BCUT2D eigenvalue weighted by atomic mass is 32.1. The normalized spacial score (nSPS) is 15.5. The Balaban J connectivity index is 1.46. The van der Waals surface area contributed by atoms with E-state index in [4.69, 9.17) is 9.47 Å². The van der Waals surface area contributed by atoms with Crippen molar-refractivity contribution in [1.29, 1.82) is 0 Å². The molecule has 2 aromatic rings. The summed E-state index contributed by atoms with van der Waals surface area (Å²) in [6.07, 6.45) is 3.51. The molecule has 0 saturated heterocycles. The molecule has 174 valence electrons. The molecule has 2 heterocycles. The molecule has 1 aliphatic heterocycles. The number of esters is 2. The van der Waals surface area contributed by atoms with Crippen LogP contribution in [-0.4, -0.2) is 36.5 Å². The molecular formula is C24H26N2O6S. The Bertz CT molecular complexity index is 1120. The number of ether oxygens (including phenoxy) is 2. The Morgan fingerprint density at radius 2 is 1.91 bits per heavy atom. The number of benzene rings is 1. The maximum Gasteiger partial charge on any atom is 0.341 e. The van der Waals surface area contributed by atoms with Crippen LogP contribution in [0.2, 0.25) is 0 Å². The van der Waals surface area contributed by atoms with E-state index in [9.17, 15) is 19.2 Å². The smallest absolute Gasteiger partial charge is 0.341 e. The molecule has 1 aromatic carbocycles. The highest BCUT2D eigenvalue weighted by molar-refractivity contribution is 7.17. The van der Waals surface area contributed by atoms with Gasteiger partial charge in [0.15, 0.2) is 6.10 Å². The van der Waals surface area contributed by atoms with Crippen LogP contribution in [0.3, 0.4) is 0 Å². The van der Waals surface area contributed by atoms with Crippen molar-refractivity contribution in [2.24, 2.45) is 0 Å². The average Bonchev–Trinajstić information content (AvgIpc) is 3.16. The number of hydrogen-bond donors (Lipinski definition) is 2. The maximum atomic E-state index is 12.8. The van der Waals surface area contributed by atoms with Gasteiger partial charge < -0.3 is 20.1 Å². The van der Waals surface area contributed by atoms with Gasteiger partial charge >= 0.3 is 11.9 Å². The molecule has 0 fully saturated rings. The van der Waals surface area contributed by atoms with Crippen LogP contribution in [0.25, 0.3) is 0 Å². The summed E-state index contributed by atoms with van der Waals surface area (Å²) in [6.45, 7) is 3.48. The van der Waals surface area contributed by atoms with E-state index in [0.717, 1.165) is 41.7 Å². The van der Waals surface area contributed by atoms with Crippen LogP contribution in [0.15, 0.2) is 18.2 Å². The van der Waals surface area contributed by atoms with Gasteiger partial charge in [0.1, 0.15) is 5.00 Å². The van der Waals surface area contributed by atoms with Gasteiger partial charge in [-0.05, 0) is 75.3 Å². The van der Waals surface area contributed by atoms with Gasteiger partial charge in [0.25, 0.3) is 5.91 Å². The molecular weight excluding hydrogens is 444 g/mol. The molecule has 0 spiro atoms. The second-order valence-electron chi connectivity index (χ2n) is 8.09. The topological polar surface area (TPSA) is 111 Å². The van der Waals surface area contributed by atoms with Crippen molar-refractivity contribution >= 4 is 45.8 Å². The molecule has 2 N–H and O–H groups in total. The van der Waals surface area contributed by atoms with Crippen LogP contribution in [-0.2, 0) is 38.3 Å². The van der Waals surface area contributed by atoms with Crippen LogP contribution >= 0.6 is 11.3 Å². The molecule has 9 heteroatoms. The van der Waals surface area contributed by atoms with E-state index in [1.807, 2.05) is 0 Å². The van der Waals surface area contributed by atoms with Crippen LogP contribution in [0.1, 0.15) is 69.8 Å². The molecule has 33 heavy (non-hydrogen) atoms. The molecule has 4 rings (SSSR count). The van der Waals surface area contributed by atoms with Crippen molar-refractivity contribution in [1.82, 2.24) is 0 Å². The van der Waals surface area contributed by atoms with Gasteiger partial charge in [-0.25, -0.2) is 9.59 Å². The van der Waals surface area contributed by atoms with Crippen LogP contribution in [0.4, 0.5) is 10.7 Å². The van der Waals surface area contributed by atoms with Crippen molar-refractivity contribution in [3.05, 3.63) is 45.3 Å². The molecule has 8 nitrogen and oxygen atoms in total. The fourth-order valence-corrected chi connectivity index (χ4v) is 5.36. The van der Waals surface area contributed by atoms with E-state index in [1.165, 1.54) is 18.3 Å². The molecule has 1 unspecified atom stereocenters. The number of anilines is 2. The number of nitrogens with one attached hydrogen (secondary N) is 2. The fraction of sp³-hybridized carbons (Fsp3) is 0.417. The molecule has 2 aliphatic rings. The first kappa shape index (κ1) is 23.0. The standard InChI is InChI=1S/C24H26N2O6S/c1-3-31-24(30)20-16-6-4-5-7-18(16)33-22(20)26-21(28)13(2)32-23(29)15-8-10-17-14(12-15)9-11-19(27)25-17/h8,10,12-13H,3-7,9,11H2,1-2H3,(H,25,27)(H,26,28). The van der Waals surface area contributed by atoms with E-state index in [-0.39, 0.29) is 12.5 Å². The van der Waals surface area contributed by atoms with Crippen molar-refractivity contribution < 1.29 is 28.7 Å². The molecule has 0 radical (unpaired) electrons. The van der Waals surface area contributed by atoms with Gasteiger partial charge in [0.2, 0.25) is 5.91 Å². The molecule has 0 saturated carbocycles. The predicted octanol–water partition coefficient (Wildman–Crippen LogP) is 3.87. The number of fused-ring (bicyclic) bond motifs is 2. The Morgan fingerprint density at radius 1 is 1.12 bits per heavy atom. The summed E-state index contributed by atoms with van der Waals surface area (Å²) in [5.74, 6) is -1.65. The third-order valence-electron chi connectivity index (χ3n) is 5.78. The third kappa shape index (κ3) is 4.93. The number of thiophene rings is 1. The summed E-state index contributed by atoms with van der Waals surface area (Å²) in [5.41, 5.74) is 3.21. The monoisotopic (exact) mass is 470 g/mol. The molecule has 0 bridgehead atoms. The lowest BCUT2D eigenvalue weighted by Crippen LogP contribution is -2.30. The van der Waals surface area contributed by atoms with Crippen molar-refractivity contribution in [3.8, 4) is 0 Å². The van der Waals surface area contributed by atoms with E-state index in [0.29, 0.717) is 34.7 Å². The minimum atomic E-state index is -1.07. The first-order valence-electron chi connectivity index (χ1n) is 11.1. The number of hydrogen-bond acceptors (Lipinski definition) is 7. The van der Waals surface area contributed by atoms with Gasteiger partial charge in [0, 0.05) is 17.0 Å². The number of rotatable bonds is 6. The summed E-state index contributed by atoms with van der Waals surface area (Å²) in [5, 5.41) is 5.98. The van der Waals surface area contributed by atoms with Crippen LogP contribution < -0.4 is 10.6 Å². The summed E-state index contributed by atoms with van der Waals surface area (Å²) >= 11 is 1.39. The zero-order chi connectivity index (χ0) is 23.5. The SMILES string of the molecule is CCOC(=O)c1c(NC(=O)C(C)OC(=O)c2ccc3c(c2)CCC(=O)N3)sc2c1CCCC2. The highest BCUT2D eigenvalue weighted by Crippen LogP contribution is 2.38. The average molecular weight is 471 g/mol. The third-order valence-corrected chi connectivity index (χ3v) is 6.98. The molecule has 1 aromatic heterocycles. The molecule has 1 aliphatic carbocycles. The quantitative estimate of drug-likeness (QED) is 0.620. The van der Waals surface area contributed by atoms with Gasteiger partial charge in [-0.3, -0.25) is 9.59 Å². The highest BCUT2D eigenvalue weighted by Gasteiger charge is 2.29. The van der Waals surface area contributed by atoms with E-state index in [1.54, 1.807) is 25.1 Å². The van der Waals surface area contributed by atoms with Gasteiger partial charge in [0.05, 0.1) is 17.7 Å². The Hall–Kier alpha value is -3.20. The fourth-order valence-electron chi connectivity index (χ4n) is 4.08. The van der Waals surface area contributed by atoms with Crippen molar-refractivity contribution in [2.45, 2.75) is 58.5 Å². The molecule has 1 atom stereocenters. The van der Waals surface area contributed by atoms with Crippen molar-refractivity contribution in [2.75, 3.05) is 17.2 Å². The van der Waals surface area contributed by atoms with E-state index < -0.39 is 23.9 Å². The van der Waals surface area contributed by atoms with Crippen LogP contribution in [0.5, 0.6) is 0 Å². The lowest BCUT2D eigenvalue weighted by Gasteiger charge is -2.18. The van der Waals surface area contributed by atoms with Gasteiger partial charge in [-0.15, -0.1) is 11.3 Å². The van der Waals surface area contributed by atoms with Crippen LogP contribution in [0, 0.1) is 0 Å². The first-order valence-corrected chi connectivity index (χ1v) is 11.9. The summed E-state index contributed by atoms with van der Waals surface area (Å²) < 4.78 is 10.6. The lowest BCUT2D eigenvalue weighted by atomic mass is 9.95.